The minimum absolute atomic E-state index is 0.121. The number of amides is 1. The molecule has 1 unspecified atom stereocenters. The van der Waals surface area contributed by atoms with E-state index in [2.05, 4.69) is 10.2 Å². The molecule has 2 aromatic rings. The van der Waals surface area contributed by atoms with Crippen LogP contribution in [0.5, 0.6) is 0 Å². The number of anilines is 1. The zero-order valence-electron chi connectivity index (χ0n) is 14.4. The van der Waals surface area contributed by atoms with Gasteiger partial charge < -0.3 is 5.32 Å². The third-order valence-corrected chi connectivity index (χ3v) is 5.50. The molecule has 0 saturated carbocycles. The van der Waals surface area contributed by atoms with Crippen molar-refractivity contribution >= 4 is 35.1 Å². The zero-order chi connectivity index (χ0) is 20.9. The second kappa shape index (κ2) is 8.82. The van der Waals surface area contributed by atoms with Gasteiger partial charge >= 0.3 is 6.18 Å². The minimum Gasteiger partial charge on any atom is -0.324 e. The topological polar surface area (TPSA) is 64.9 Å². The molecule has 1 amide bonds. The van der Waals surface area contributed by atoms with Crippen molar-refractivity contribution in [1.82, 2.24) is 4.84 Å². The highest BCUT2D eigenvalue weighted by Gasteiger charge is 2.36. The summed E-state index contributed by atoms with van der Waals surface area (Å²) in [6.45, 7) is 1.47. The summed E-state index contributed by atoms with van der Waals surface area (Å²) < 4.78 is 52.1. The van der Waals surface area contributed by atoms with Crippen molar-refractivity contribution in [3.63, 3.8) is 0 Å². The van der Waals surface area contributed by atoms with E-state index in [9.17, 15) is 22.4 Å². The first kappa shape index (κ1) is 22.0. The van der Waals surface area contributed by atoms with Crippen LogP contribution in [-0.4, -0.2) is 17.2 Å². The van der Waals surface area contributed by atoms with E-state index in [1.807, 2.05) is 0 Å². The van der Waals surface area contributed by atoms with E-state index in [0.717, 1.165) is 6.07 Å². The van der Waals surface area contributed by atoms with E-state index < -0.39 is 34.6 Å². The van der Waals surface area contributed by atoms with Gasteiger partial charge in [-0.05, 0) is 61.2 Å². The Morgan fingerprint density at radius 1 is 1.21 bits per heavy atom. The molecule has 0 aromatic heterocycles. The fourth-order valence-corrected chi connectivity index (χ4v) is 3.34. The lowest BCUT2D eigenvalue weighted by Crippen LogP contribution is -2.50. The van der Waals surface area contributed by atoms with Gasteiger partial charge in [0.05, 0.1) is 17.2 Å². The number of alkyl halides is 3. The lowest BCUT2D eigenvalue weighted by atomic mass is 10.0. The lowest BCUT2D eigenvalue weighted by molar-refractivity contribution is -0.137. The fraction of sp³-hybridized carbons (Fsp3) is 0.222. The molecule has 0 aliphatic heterocycles. The summed E-state index contributed by atoms with van der Waals surface area (Å²) in [6, 6.07) is 9.94. The Morgan fingerprint density at radius 3 is 2.39 bits per heavy atom. The second-order valence-electron chi connectivity index (χ2n) is 5.99. The molecule has 2 rings (SSSR count). The van der Waals surface area contributed by atoms with Crippen LogP contribution in [-0.2, 0) is 11.0 Å². The third-order valence-electron chi connectivity index (χ3n) is 3.75. The molecule has 148 valence electrons. The Balaban J connectivity index is 2.16. The molecular formula is C18H14ClF4N3OS. The second-order valence-corrected chi connectivity index (χ2v) is 7.23. The van der Waals surface area contributed by atoms with Gasteiger partial charge in [-0.1, -0.05) is 0 Å². The molecule has 0 aliphatic rings. The maximum absolute atomic E-state index is 13.1. The van der Waals surface area contributed by atoms with Gasteiger partial charge in [0.2, 0.25) is 5.91 Å². The van der Waals surface area contributed by atoms with E-state index in [-0.39, 0.29) is 11.4 Å². The Hall–Kier alpha value is -2.28. The largest absolute Gasteiger partial charge is 0.417 e. The predicted octanol–water partition coefficient (Wildman–Crippen LogP) is 4.95. The molecule has 0 saturated heterocycles. The quantitative estimate of drug-likeness (QED) is 0.386. The SMILES string of the molecule is CC(CSc1ccc(F)cc1)(NCl)C(=O)Nc1ccc(C#N)c(C(F)(F)F)c1. The normalized spacial score (nSPS) is 13.5. The van der Waals surface area contributed by atoms with Gasteiger partial charge in [-0.2, -0.15) is 18.4 Å². The number of carbonyl (C=O) groups is 1. The summed E-state index contributed by atoms with van der Waals surface area (Å²) in [7, 11) is 0. The van der Waals surface area contributed by atoms with Crippen LogP contribution in [0.25, 0.3) is 0 Å². The molecule has 1 atom stereocenters. The van der Waals surface area contributed by atoms with Gasteiger partial charge in [-0.3, -0.25) is 4.79 Å². The van der Waals surface area contributed by atoms with Crippen LogP contribution in [0.4, 0.5) is 23.2 Å². The highest BCUT2D eigenvalue weighted by molar-refractivity contribution is 7.99. The van der Waals surface area contributed by atoms with Crippen molar-refractivity contribution in [2.45, 2.75) is 23.5 Å². The van der Waals surface area contributed by atoms with E-state index in [1.165, 1.54) is 55.1 Å². The summed E-state index contributed by atoms with van der Waals surface area (Å²) in [4.78, 5) is 15.6. The Kier molecular flexibility index (Phi) is 6.93. The molecule has 2 aromatic carbocycles. The molecular weight excluding hydrogens is 418 g/mol. The summed E-state index contributed by atoms with van der Waals surface area (Å²) >= 11 is 6.92. The summed E-state index contributed by atoms with van der Waals surface area (Å²) in [6.07, 6.45) is -4.74. The lowest BCUT2D eigenvalue weighted by Gasteiger charge is -2.26. The maximum atomic E-state index is 13.1. The minimum atomic E-state index is -4.74. The van der Waals surface area contributed by atoms with E-state index >= 15 is 0 Å². The van der Waals surface area contributed by atoms with Gasteiger partial charge in [0.1, 0.15) is 11.4 Å². The molecule has 0 bridgehead atoms. The van der Waals surface area contributed by atoms with Gasteiger partial charge in [-0.15, -0.1) is 11.8 Å². The van der Waals surface area contributed by atoms with Crippen LogP contribution >= 0.6 is 23.5 Å². The zero-order valence-corrected chi connectivity index (χ0v) is 16.0. The van der Waals surface area contributed by atoms with Crippen molar-refractivity contribution in [3.8, 4) is 6.07 Å². The summed E-state index contributed by atoms with van der Waals surface area (Å²) in [5, 5.41) is 11.2. The Morgan fingerprint density at radius 2 is 1.86 bits per heavy atom. The van der Waals surface area contributed by atoms with Gasteiger partial charge in [0.15, 0.2) is 0 Å². The molecule has 10 heteroatoms. The average molecular weight is 432 g/mol. The van der Waals surface area contributed by atoms with E-state index in [0.29, 0.717) is 11.0 Å². The molecule has 0 heterocycles. The summed E-state index contributed by atoms with van der Waals surface area (Å²) in [5.74, 6) is -0.951. The molecule has 28 heavy (non-hydrogen) atoms. The first-order valence-electron chi connectivity index (χ1n) is 7.78. The Labute approximate surface area is 168 Å². The van der Waals surface area contributed by atoms with Crippen molar-refractivity contribution in [3.05, 3.63) is 59.4 Å². The standard InChI is InChI=1S/C18H14ClF4N3OS/c1-17(26-19,10-28-14-6-3-12(20)4-7-14)16(27)25-13-5-2-11(9-24)15(8-13)18(21,22)23/h2-8,26H,10H2,1H3,(H,25,27). The predicted molar refractivity (Wildman–Crippen MR) is 99.3 cm³/mol. The number of hydrogen-bond donors (Lipinski definition) is 2. The van der Waals surface area contributed by atoms with Crippen LogP contribution in [0, 0.1) is 17.1 Å². The number of thioether (sulfide) groups is 1. The van der Waals surface area contributed by atoms with Crippen molar-refractivity contribution in [2.75, 3.05) is 11.1 Å². The first-order chi connectivity index (χ1) is 13.1. The monoisotopic (exact) mass is 431 g/mol. The number of rotatable bonds is 6. The van der Waals surface area contributed by atoms with Crippen LogP contribution < -0.4 is 10.2 Å². The smallest absolute Gasteiger partial charge is 0.324 e. The highest BCUT2D eigenvalue weighted by atomic mass is 35.5. The van der Waals surface area contributed by atoms with Gasteiger partial charge in [0, 0.05) is 16.3 Å². The third kappa shape index (κ3) is 5.38. The molecule has 0 fully saturated rings. The summed E-state index contributed by atoms with van der Waals surface area (Å²) in [5.41, 5.74) is -3.15. The van der Waals surface area contributed by atoms with Gasteiger partial charge in [-0.25, -0.2) is 9.23 Å². The maximum Gasteiger partial charge on any atom is 0.417 e. The number of hydrogen-bond acceptors (Lipinski definition) is 4. The molecule has 0 radical (unpaired) electrons. The number of carbonyl (C=O) groups excluding carboxylic acids is 1. The van der Waals surface area contributed by atoms with Crippen LogP contribution in [0.1, 0.15) is 18.1 Å². The average Bonchev–Trinajstić information content (AvgIpc) is 2.66. The number of halogens is 5. The van der Waals surface area contributed by atoms with Crippen molar-refractivity contribution in [1.29, 1.82) is 5.26 Å². The van der Waals surface area contributed by atoms with Crippen LogP contribution in [0.3, 0.4) is 0 Å². The number of nitriles is 1. The molecule has 0 aliphatic carbocycles. The van der Waals surface area contributed by atoms with Crippen molar-refractivity contribution in [2.24, 2.45) is 0 Å². The van der Waals surface area contributed by atoms with Gasteiger partial charge in [0.25, 0.3) is 0 Å². The first-order valence-corrected chi connectivity index (χ1v) is 9.14. The molecule has 0 spiro atoms. The molecule has 4 nitrogen and oxygen atoms in total. The highest BCUT2D eigenvalue weighted by Crippen LogP contribution is 2.34. The number of nitrogens with one attached hydrogen (secondary N) is 2. The van der Waals surface area contributed by atoms with E-state index in [1.54, 1.807) is 0 Å². The fourth-order valence-electron chi connectivity index (χ4n) is 2.12. The number of nitrogens with zero attached hydrogens (tertiary/aromatic N) is 1. The van der Waals surface area contributed by atoms with Crippen molar-refractivity contribution < 1.29 is 22.4 Å². The Bertz CT molecular complexity index is 899. The van der Waals surface area contributed by atoms with Crippen LogP contribution in [0.2, 0.25) is 0 Å². The van der Waals surface area contributed by atoms with E-state index in [4.69, 9.17) is 17.0 Å². The molecule has 2 N–H and O–H groups in total. The van der Waals surface area contributed by atoms with Crippen LogP contribution in [0.15, 0.2) is 47.4 Å². The number of benzene rings is 2.